The number of amides is 1. The third kappa shape index (κ3) is 3.97. The van der Waals surface area contributed by atoms with Crippen LogP contribution >= 0.6 is 0 Å². The molecule has 1 amide bonds. The molecule has 0 saturated carbocycles. The SMILES string of the molecule is CCCCCNC(=O)c1cc[nH]c(=O)c1. The fourth-order valence-electron chi connectivity index (χ4n) is 1.26. The predicted octanol–water partition coefficient (Wildman–Crippen LogP) is 1.29. The summed E-state index contributed by atoms with van der Waals surface area (Å²) in [6.07, 6.45) is 4.69. The third-order valence-corrected chi connectivity index (χ3v) is 2.10. The molecule has 0 saturated heterocycles. The lowest BCUT2D eigenvalue weighted by molar-refractivity contribution is 0.0952. The van der Waals surface area contributed by atoms with Gasteiger partial charge in [-0.15, -0.1) is 0 Å². The van der Waals surface area contributed by atoms with Crippen molar-refractivity contribution in [3.05, 3.63) is 34.2 Å². The minimum absolute atomic E-state index is 0.183. The molecule has 0 aliphatic heterocycles. The summed E-state index contributed by atoms with van der Waals surface area (Å²) in [6, 6.07) is 2.89. The molecule has 4 nitrogen and oxygen atoms in total. The second kappa shape index (κ2) is 6.01. The number of nitrogens with one attached hydrogen (secondary N) is 2. The van der Waals surface area contributed by atoms with Gasteiger partial charge in [-0.1, -0.05) is 19.8 Å². The van der Waals surface area contributed by atoms with Gasteiger partial charge in [0.2, 0.25) is 5.56 Å². The monoisotopic (exact) mass is 208 g/mol. The first-order valence-corrected chi connectivity index (χ1v) is 5.21. The Morgan fingerprint density at radius 1 is 1.47 bits per heavy atom. The summed E-state index contributed by atoms with van der Waals surface area (Å²) < 4.78 is 0. The maximum absolute atomic E-state index is 11.5. The Kier molecular flexibility index (Phi) is 4.60. The lowest BCUT2D eigenvalue weighted by Gasteiger charge is -2.03. The Hall–Kier alpha value is -1.58. The van der Waals surface area contributed by atoms with Crippen LogP contribution in [0, 0.1) is 0 Å². The fraction of sp³-hybridized carbons (Fsp3) is 0.455. The van der Waals surface area contributed by atoms with Crippen molar-refractivity contribution < 1.29 is 4.79 Å². The zero-order chi connectivity index (χ0) is 11.1. The Bertz CT molecular complexity index is 371. The second-order valence-electron chi connectivity index (χ2n) is 3.40. The maximum atomic E-state index is 11.5. The van der Waals surface area contributed by atoms with Crippen LogP contribution in [0.15, 0.2) is 23.1 Å². The van der Waals surface area contributed by atoms with Crippen LogP contribution in [0.3, 0.4) is 0 Å². The molecular weight excluding hydrogens is 192 g/mol. The molecular formula is C11H16N2O2. The van der Waals surface area contributed by atoms with E-state index in [1.54, 1.807) is 6.07 Å². The Labute approximate surface area is 88.7 Å². The van der Waals surface area contributed by atoms with E-state index in [0.717, 1.165) is 19.3 Å². The zero-order valence-corrected chi connectivity index (χ0v) is 8.88. The predicted molar refractivity (Wildman–Crippen MR) is 58.9 cm³/mol. The van der Waals surface area contributed by atoms with E-state index in [0.29, 0.717) is 12.1 Å². The fourth-order valence-corrected chi connectivity index (χ4v) is 1.26. The lowest BCUT2D eigenvalue weighted by atomic mass is 10.2. The highest BCUT2D eigenvalue weighted by Crippen LogP contribution is 1.95. The number of pyridine rings is 1. The van der Waals surface area contributed by atoms with Crippen molar-refractivity contribution >= 4 is 5.91 Å². The van der Waals surface area contributed by atoms with Gasteiger partial charge in [-0.05, 0) is 12.5 Å². The highest BCUT2D eigenvalue weighted by Gasteiger charge is 2.03. The van der Waals surface area contributed by atoms with Crippen LogP contribution in [-0.4, -0.2) is 17.4 Å². The van der Waals surface area contributed by atoms with Gasteiger partial charge < -0.3 is 10.3 Å². The highest BCUT2D eigenvalue weighted by molar-refractivity contribution is 5.93. The maximum Gasteiger partial charge on any atom is 0.251 e. The van der Waals surface area contributed by atoms with Gasteiger partial charge in [-0.2, -0.15) is 0 Å². The standard InChI is InChI=1S/C11H16N2O2/c1-2-3-4-6-13-11(15)9-5-7-12-10(14)8-9/h5,7-8H,2-4,6H2,1H3,(H,12,14)(H,13,15). The summed E-state index contributed by atoms with van der Waals surface area (Å²) in [5.41, 5.74) is 0.159. The molecule has 15 heavy (non-hydrogen) atoms. The molecule has 2 N–H and O–H groups in total. The van der Waals surface area contributed by atoms with E-state index in [1.165, 1.54) is 12.3 Å². The summed E-state index contributed by atoms with van der Waals surface area (Å²) in [5.74, 6) is -0.183. The minimum atomic E-state index is -0.254. The number of carbonyl (C=O) groups excluding carboxylic acids is 1. The molecule has 4 heteroatoms. The molecule has 0 bridgehead atoms. The normalized spacial score (nSPS) is 9.93. The van der Waals surface area contributed by atoms with Crippen molar-refractivity contribution in [2.24, 2.45) is 0 Å². The average Bonchev–Trinajstić information content (AvgIpc) is 2.24. The molecule has 0 atom stereocenters. The zero-order valence-electron chi connectivity index (χ0n) is 8.88. The van der Waals surface area contributed by atoms with Crippen LogP contribution in [0.5, 0.6) is 0 Å². The van der Waals surface area contributed by atoms with E-state index >= 15 is 0 Å². The van der Waals surface area contributed by atoms with Gasteiger partial charge in [0.15, 0.2) is 0 Å². The molecule has 82 valence electrons. The molecule has 1 heterocycles. The van der Waals surface area contributed by atoms with Crippen molar-refractivity contribution in [2.75, 3.05) is 6.54 Å². The van der Waals surface area contributed by atoms with Gasteiger partial charge >= 0.3 is 0 Å². The van der Waals surface area contributed by atoms with Gasteiger partial charge in [-0.3, -0.25) is 9.59 Å². The number of aromatic nitrogens is 1. The molecule has 1 aromatic rings. The van der Waals surface area contributed by atoms with Crippen LogP contribution in [0.1, 0.15) is 36.5 Å². The molecule has 1 aromatic heterocycles. The molecule has 0 unspecified atom stereocenters. The molecule has 0 aromatic carbocycles. The van der Waals surface area contributed by atoms with Crippen molar-refractivity contribution in [3.8, 4) is 0 Å². The molecule has 0 fully saturated rings. The van der Waals surface area contributed by atoms with Crippen LogP contribution in [0.25, 0.3) is 0 Å². The Morgan fingerprint density at radius 2 is 2.27 bits per heavy atom. The second-order valence-corrected chi connectivity index (χ2v) is 3.40. The van der Waals surface area contributed by atoms with E-state index in [4.69, 9.17) is 0 Å². The molecule has 0 spiro atoms. The van der Waals surface area contributed by atoms with E-state index in [-0.39, 0.29) is 11.5 Å². The van der Waals surface area contributed by atoms with E-state index in [1.807, 2.05) is 0 Å². The summed E-state index contributed by atoms with van der Waals surface area (Å²) in [5, 5.41) is 2.77. The van der Waals surface area contributed by atoms with Crippen molar-refractivity contribution in [2.45, 2.75) is 26.2 Å². The van der Waals surface area contributed by atoms with Gasteiger partial charge in [0, 0.05) is 24.4 Å². The quantitative estimate of drug-likeness (QED) is 0.716. The first-order chi connectivity index (χ1) is 7.24. The minimum Gasteiger partial charge on any atom is -0.352 e. The van der Waals surface area contributed by atoms with Gasteiger partial charge in [0.25, 0.3) is 5.91 Å². The smallest absolute Gasteiger partial charge is 0.251 e. The first-order valence-electron chi connectivity index (χ1n) is 5.21. The topological polar surface area (TPSA) is 62.0 Å². The number of carbonyl (C=O) groups is 1. The molecule has 0 aliphatic rings. The Morgan fingerprint density at radius 3 is 2.93 bits per heavy atom. The Balaban J connectivity index is 2.44. The summed E-state index contributed by atoms with van der Waals surface area (Å²) in [6.45, 7) is 2.78. The van der Waals surface area contributed by atoms with Gasteiger partial charge in [-0.25, -0.2) is 0 Å². The number of H-pyrrole nitrogens is 1. The summed E-state index contributed by atoms with van der Waals surface area (Å²) >= 11 is 0. The average molecular weight is 208 g/mol. The van der Waals surface area contributed by atoms with Crippen LogP contribution in [0.2, 0.25) is 0 Å². The van der Waals surface area contributed by atoms with Gasteiger partial charge in [0.05, 0.1) is 0 Å². The van der Waals surface area contributed by atoms with E-state index in [2.05, 4.69) is 17.2 Å². The third-order valence-electron chi connectivity index (χ3n) is 2.10. The van der Waals surface area contributed by atoms with Crippen molar-refractivity contribution in [3.63, 3.8) is 0 Å². The lowest BCUT2D eigenvalue weighted by Crippen LogP contribution is -2.25. The number of hydrogen-bond acceptors (Lipinski definition) is 2. The first kappa shape index (κ1) is 11.5. The number of aromatic amines is 1. The largest absolute Gasteiger partial charge is 0.352 e. The van der Waals surface area contributed by atoms with Gasteiger partial charge in [0.1, 0.15) is 0 Å². The van der Waals surface area contributed by atoms with Crippen LogP contribution in [0.4, 0.5) is 0 Å². The van der Waals surface area contributed by atoms with Crippen LogP contribution in [-0.2, 0) is 0 Å². The number of unbranched alkanes of at least 4 members (excludes halogenated alkanes) is 2. The molecule has 0 radical (unpaired) electrons. The number of rotatable bonds is 5. The van der Waals surface area contributed by atoms with E-state index < -0.39 is 0 Å². The van der Waals surface area contributed by atoms with Crippen molar-refractivity contribution in [1.29, 1.82) is 0 Å². The molecule has 0 aliphatic carbocycles. The summed E-state index contributed by atoms with van der Waals surface area (Å²) in [7, 11) is 0. The van der Waals surface area contributed by atoms with Crippen LogP contribution < -0.4 is 10.9 Å². The molecule has 1 rings (SSSR count). The summed E-state index contributed by atoms with van der Waals surface area (Å²) in [4.78, 5) is 24.9. The highest BCUT2D eigenvalue weighted by atomic mass is 16.2. The number of hydrogen-bond donors (Lipinski definition) is 2. The van der Waals surface area contributed by atoms with E-state index in [9.17, 15) is 9.59 Å². The van der Waals surface area contributed by atoms with Crippen molar-refractivity contribution in [1.82, 2.24) is 10.3 Å².